The molecular weight excluding hydrogens is 262 g/mol. The first-order chi connectivity index (χ1) is 9.20. The highest BCUT2D eigenvalue weighted by Crippen LogP contribution is 2.06. The number of nitrogens with zero attached hydrogens (tertiary/aromatic N) is 4. The normalized spacial score (nSPS) is 12.1. The molecule has 7 heteroatoms. The molecule has 0 saturated carbocycles. The summed E-state index contributed by atoms with van der Waals surface area (Å²) >= 11 is 1.52. The quantitative estimate of drug-likeness (QED) is 0.883. The third-order valence-electron chi connectivity index (χ3n) is 2.65. The van der Waals surface area contributed by atoms with Gasteiger partial charge in [-0.25, -0.2) is 14.6 Å². The minimum Gasteiger partial charge on any atom is -0.351 e. The molecule has 19 heavy (non-hydrogen) atoms. The van der Waals surface area contributed by atoms with Crippen LogP contribution in [-0.2, 0) is 11.3 Å². The standard InChI is InChI=1S/C12H15N5OS/c1-9(19-2)12(18)15-6-10-3-4-11(14-5-10)17-8-13-7-16-17/h3-5,7-9H,6H2,1-2H3,(H,15,18)/t9-/m0/s1. The molecular formula is C12H15N5OS. The van der Waals surface area contributed by atoms with Crippen LogP contribution in [0.5, 0.6) is 0 Å². The Morgan fingerprint density at radius 2 is 2.37 bits per heavy atom. The number of hydrogen-bond acceptors (Lipinski definition) is 5. The van der Waals surface area contributed by atoms with E-state index in [1.807, 2.05) is 25.3 Å². The molecule has 0 bridgehead atoms. The smallest absolute Gasteiger partial charge is 0.233 e. The summed E-state index contributed by atoms with van der Waals surface area (Å²) in [6.07, 6.45) is 6.68. The van der Waals surface area contributed by atoms with Gasteiger partial charge in [-0.3, -0.25) is 4.79 Å². The molecule has 0 saturated heterocycles. The van der Waals surface area contributed by atoms with Crippen LogP contribution in [0.3, 0.4) is 0 Å². The van der Waals surface area contributed by atoms with E-state index in [0.717, 1.165) is 5.56 Å². The Morgan fingerprint density at radius 1 is 1.53 bits per heavy atom. The molecule has 2 heterocycles. The van der Waals surface area contributed by atoms with Crippen LogP contribution in [0, 0.1) is 0 Å². The maximum Gasteiger partial charge on any atom is 0.233 e. The molecule has 0 aliphatic rings. The van der Waals surface area contributed by atoms with Crippen LogP contribution in [0.15, 0.2) is 31.0 Å². The van der Waals surface area contributed by atoms with Crippen LogP contribution in [0.1, 0.15) is 12.5 Å². The van der Waals surface area contributed by atoms with Crippen molar-refractivity contribution in [3.63, 3.8) is 0 Å². The second-order valence-corrected chi connectivity index (χ2v) is 5.14. The van der Waals surface area contributed by atoms with Crippen LogP contribution in [0.2, 0.25) is 0 Å². The van der Waals surface area contributed by atoms with Gasteiger partial charge in [0.2, 0.25) is 5.91 Å². The van der Waals surface area contributed by atoms with Gasteiger partial charge in [0.15, 0.2) is 5.82 Å². The number of hydrogen-bond donors (Lipinski definition) is 1. The zero-order chi connectivity index (χ0) is 13.7. The van der Waals surface area contributed by atoms with E-state index in [-0.39, 0.29) is 11.2 Å². The van der Waals surface area contributed by atoms with Crippen LogP contribution in [0.25, 0.3) is 5.82 Å². The van der Waals surface area contributed by atoms with Gasteiger partial charge >= 0.3 is 0 Å². The number of carbonyl (C=O) groups is 1. The lowest BCUT2D eigenvalue weighted by atomic mass is 10.2. The lowest BCUT2D eigenvalue weighted by molar-refractivity contribution is -0.120. The van der Waals surface area contributed by atoms with Gasteiger partial charge in [-0.2, -0.15) is 16.9 Å². The van der Waals surface area contributed by atoms with Crippen LogP contribution in [-0.4, -0.2) is 37.2 Å². The first-order valence-electron chi connectivity index (χ1n) is 5.81. The van der Waals surface area contributed by atoms with Gasteiger partial charge in [-0.05, 0) is 24.8 Å². The fourth-order valence-electron chi connectivity index (χ4n) is 1.42. The molecule has 100 valence electrons. The number of amides is 1. The molecule has 0 aliphatic carbocycles. The van der Waals surface area contributed by atoms with Crippen molar-refractivity contribution in [2.24, 2.45) is 0 Å². The lowest BCUT2D eigenvalue weighted by Gasteiger charge is -2.09. The van der Waals surface area contributed by atoms with Crippen molar-refractivity contribution in [1.29, 1.82) is 0 Å². The van der Waals surface area contributed by atoms with Gasteiger partial charge in [0.25, 0.3) is 0 Å². The summed E-state index contributed by atoms with van der Waals surface area (Å²) in [6, 6.07) is 3.75. The van der Waals surface area contributed by atoms with Crippen molar-refractivity contribution < 1.29 is 4.79 Å². The zero-order valence-electron chi connectivity index (χ0n) is 10.8. The van der Waals surface area contributed by atoms with E-state index in [2.05, 4.69) is 20.4 Å². The first-order valence-corrected chi connectivity index (χ1v) is 7.10. The van der Waals surface area contributed by atoms with E-state index >= 15 is 0 Å². The van der Waals surface area contributed by atoms with Gasteiger partial charge in [0.05, 0.1) is 5.25 Å². The summed E-state index contributed by atoms with van der Waals surface area (Å²) < 4.78 is 1.58. The Balaban J connectivity index is 1.94. The third kappa shape index (κ3) is 3.54. The predicted molar refractivity (Wildman–Crippen MR) is 74.0 cm³/mol. The monoisotopic (exact) mass is 277 g/mol. The van der Waals surface area contributed by atoms with Crippen molar-refractivity contribution in [3.8, 4) is 5.82 Å². The van der Waals surface area contributed by atoms with Crippen molar-refractivity contribution >= 4 is 17.7 Å². The Labute approximate surface area is 115 Å². The summed E-state index contributed by atoms with van der Waals surface area (Å²) in [4.78, 5) is 19.8. The van der Waals surface area contributed by atoms with E-state index in [1.54, 1.807) is 17.2 Å². The number of aromatic nitrogens is 4. The molecule has 0 aliphatic heterocycles. The molecule has 2 rings (SSSR count). The highest BCUT2D eigenvalue weighted by Gasteiger charge is 2.10. The van der Waals surface area contributed by atoms with Gasteiger partial charge in [0, 0.05) is 12.7 Å². The summed E-state index contributed by atoms with van der Waals surface area (Å²) in [5.41, 5.74) is 0.950. The predicted octanol–water partition coefficient (Wildman–Crippen LogP) is 1.03. The van der Waals surface area contributed by atoms with E-state index in [1.165, 1.54) is 18.1 Å². The second-order valence-electron chi connectivity index (χ2n) is 3.96. The highest BCUT2D eigenvalue weighted by molar-refractivity contribution is 7.99. The average Bonchev–Trinajstić information content (AvgIpc) is 2.98. The lowest BCUT2D eigenvalue weighted by Crippen LogP contribution is -2.30. The van der Waals surface area contributed by atoms with E-state index in [9.17, 15) is 4.79 Å². The van der Waals surface area contributed by atoms with Crippen molar-refractivity contribution in [3.05, 3.63) is 36.5 Å². The topological polar surface area (TPSA) is 72.7 Å². The van der Waals surface area contributed by atoms with E-state index in [0.29, 0.717) is 12.4 Å². The molecule has 0 radical (unpaired) electrons. The van der Waals surface area contributed by atoms with Crippen molar-refractivity contribution in [1.82, 2.24) is 25.1 Å². The van der Waals surface area contributed by atoms with Crippen LogP contribution < -0.4 is 5.32 Å². The van der Waals surface area contributed by atoms with E-state index in [4.69, 9.17) is 0 Å². The van der Waals surface area contributed by atoms with Crippen molar-refractivity contribution in [2.45, 2.75) is 18.7 Å². The third-order valence-corrected chi connectivity index (χ3v) is 3.57. The van der Waals surface area contributed by atoms with Gasteiger partial charge in [-0.1, -0.05) is 6.07 Å². The highest BCUT2D eigenvalue weighted by atomic mass is 32.2. The molecule has 0 aromatic carbocycles. The molecule has 0 unspecified atom stereocenters. The van der Waals surface area contributed by atoms with Gasteiger partial charge in [0.1, 0.15) is 12.7 Å². The fourth-order valence-corrected chi connectivity index (χ4v) is 1.72. The van der Waals surface area contributed by atoms with Crippen LogP contribution in [0.4, 0.5) is 0 Å². The zero-order valence-corrected chi connectivity index (χ0v) is 11.6. The molecule has 1 amide bonds. The Hall–Kier alpha value is -1.89. The molecule has 0 fully saturated rings. The minimum atomic E-state index is -0.0395. The summed E-state index contributed by atoms with van der Waals surface area (Å²) in [6.45, 7) is 2.36. The Morgan fingerprint density at radius 3 is 2.95 bits per heavy atom. The number of nitrogens with one attached hydrogen (secondary N) is 1. The SMILES string of the molecule is CS[C@@H](C)C(=O)NCc1ccc(-n2cncn2)nc1. The number of rotatable bonds is 5. The number of pyridine rings is 1. The van der Waals surface area contributed by atoms with Crippen LogP contribution >= 0.6 is 11.8 Å². The maximum atomic E-state index is 11.6. The second kappa shape index (κ2) is 6.33. The van der Waals surface area contributed by atoms with E-state index < -0.39 is 0 Å². The summed E-state index contributed by atoms with van der Waals surface area (Å²) in [5.74, 6) is 0.734. The molecule has 2 aromatic heterocycles. The minimum absolute atomic E-state index is 0.0350. The number of thioether (sulfide) groups is 1. The molecule has 6 nitrogen and oxygen atoms in total. The molecule has 2 aromatic rings. The van der Waals surface area contributed by atoms with Gasteiger partial charge in [-0.15, -0.1) is 0 Å². The number of carbonyl (C=O) groups excluding carboxylic acids is 1. The van der Waals surface area contributed by atoms with Crippen molar-refractivity contribution in [2.75, 3.05) is 6.26 Å². The Bertz CT molecular complexity index is 526. The van der Waals surface area contributed by atoms with Gasteiger partial charge < -0.3 is 5.32 Å². The first kappa shape index (κ1) is 13.5. The molecule has 0 spiro atoms. The summed E-state index contributed by atoms with van der Waals surface area (Å²) in [7, 11) is 0. The Kier molecular flexibility index (Phi) is 4.51. The molecule has 1 atom stereocenters. The average molecular weight is 277 g/mol. The molecule has 1 N–H and O–H groups in total. The largest absolute Gasteiger partial charge is 0.351 e. The maximum absolute atomic E-state index is 11.6. The fraction of sp³-hybridized carbons (Fsp3) is 0.333. The summed E-state index contributed by atoms with van der Waals surface area (Å²) in [5, 5.41) is 6.83.